The third-order valence-electron chi connectivity index (χ3n) is 2.44. The third kappa shape index (κ3) is 2.95. The summed E-state index contributed by atoms with van der Waals surface area (Å²) in [6, 6.07) is 4.23. The summed E-state index contributed by atoms with van der Waals surface area (Å²) in [6.45, 7) is 5.78. The monoisotopic (exact) mass is 245 g/mol. The predicted molar refractivity (Wildman–Crippen MR) is 65.6 cm³/mol. The smallest absolute Gasteiger partial charge is 0.240 e. The van der Waals surface area contributed by atoms with Crippen molar-refractivity contribution in [2.75, 3.05) is 7.05 Å². The molecule has 0 radical (unpaired) electrons. The lowest BCUT2D eigenvalue weighted by molar-refractivity contribution is -0.131. The molecular formula is C11H16ClNOS. The number of nitrogens with zero attached hydrogens (tertiary/aromatic N) is 1. The molecule has 0 aromatic carbocycles. The molecule has 1 heterocycles. The van der Waals surface area contributed by atoms with E-state index in [0.29, 0.717) is 0 Å². The topological polar surface area (TPSA) is 20.3 Å². The lowest BCUT2D eigenvalue weighted by atomic mass is 10.2. The van der Waals surface area contributed by atoms with Gasteiger partial charge in [-0.15, -0.1) is 22.9 Å². The highest BCUT2D eigenvalue weighted by Gasteiger charge is 2.21. The lowest BCUT2D eigenvalue weighted by Gasteiger charge is -2.25. The van der Waals surface area contributed by atoms with Gasteiger partial charge in [0.2, 0.25) is 5.91 Å². The van der Waals surface area contributed by atoms with E-state index in [4.69, 9.17) is 11.6 Å². The number of alkyl halides is 1. The van der Waals surface area contributed by atoms with E-state index in [0.717, 1.165) is 0 Å². The highest BCUT2D eigenvalue weighted by molar-refractivity contribution is 7.12. The summed E-state index contributed by atoms with van der Waals surface area (Å²) in [4.78, 5) is 15.8. The molecule has 1 aromatic heterocycles. The van der Waals surface area contributed by atoms with Gasteiger partial charge in [0.1, 0.15) is 5.38 Å². The molecule has 84 valence electrons. The van der Waals surface area contributed by atoms with Gasteiger partial charge >= 0.3 is 0 Å². The molecule has 1 amide bonds. The molecule has 0 bridgehead atoms. The first-order chi connectivity index (χ1) is 6.93. The second kappa shape index (κ2) is 4.99. The Balaban J connectivity index is 2.76. The summed E-state index contributed by atoms with van der Waals surface area (Å²) in [5.74, 6) is -0.0322. The van der Waals surface area contributed by atoms with Crippen molar-refractivity contribution in [1.82, 2.24) is 4.90 Å². The molecule has 15 heavy (non-hydrogen) atoms. The number of carbonyl (C=O) groups excluding carboxylic acids is 1. The van der Waals surface area contributed by atoms with Crippen molar-refractivity contribution in [2.24, 2.45) is 0 Å². The van der Waals surface area contributed by atoms with Gasteiger partial charge in [-0.1, -0.05) is 0 Å². The first kappa shape index (κ1) is 12.5. The minimum Gasteiger partial charge on any atom is -0.337 e. The van der Waals surface area contributed by atoms with Crippen LogP contribution in [-0.2, 0) is 4.79 Å². The number of halogens is 1. The van der Waals surface area contributed by atoms with Gasteiger partial charge in [-0.25, -0.2) is 0 Å². The largest absolute Gasteiger partial charge is 0.337 e. The van der Waals surface area contributed by atoms with Gasteiger partial charge in [-0.3, -0.25) is 4.79 Å². The zero-order chi connectivity index (χ0) is 11.6. The molecule has 0 aliphatic rings. The molecule has 4 heteroatoms. The first-order valence-electron chi connectivity index (χ1n) is 4.90. The average Bonchev–Trinajstić information content (AvgIpc) is 2.61. The first-order valence-corrected chi connectivity index (χ1v) is 6.16. The summed E-state index contributed by atoms with van der Waals surface area (Å²) in [7, 11) is 1.79. The van der Waals surface area contributed by atoms with Crippen molar-refractivity contribution < 1.29 is 4.79 Å². The molecule has 0 N–H and O–H groups in total. The van der Waals surface area contributed by atoms with E-state index in [1.807, 2.05) is 6.92 Å². The Morgan fingerprint density at radius 1 is 1.47 bits per heavy atom. The van der Waals surface area contributed by atoms with Gasteiger partial charge < -0.3 is 4.90 Å². The van der Waals surface area contributed by atoms with Crippen LogP contribution in [0.3, 0.4) is 0 Å². The molecule has 0 aliphatic heterocycles. The summed E-state index contributed by atoms with van der Waals surface area (Å²) in [6.07, 6.45) is 0. The zero-order valence-corrected chi connectivity index (χ0v) is 11.0. The molecule has 2 nitrogen and oxygen atoms in total. The average molecular weight is 246 g/mol. The standard InChI is InChI=1S/C11H16ClNOS/c1-7-5-6-10(15-7)9(3)13(4)11(14)8(2)12/h5-6,8-9H,1-4H3. The maximum atomic E-state index is 11.7. The van der Waals surface area contributed by atoms with Crippen molar-refractivity contribution in [1.29, 1.82) is 0 Å². The van der Waals surface area contributed by atoms with Gasteiger partial charge in [0.05, 0.1) is 6.04 Å². The maximum absolute atomic E-state index is 11.7. The fourth-order valence-corrected chi connectivity index (χ4v) is 2.47. The molecule has 0 saturated carbocycles. The number of hydrogen-bond donors (Lipinski definition) is 0. The van der Waals surface area contributed by atoms with Gasteiger partial charge in [0.15, 0.2) is 0 Å². The highest BCUT2D eigenvalue weighted by atomic mass is 35.5. The maximum Gasteiger partial charge on any atom is 0.240 e. The van der Waals surface area contributed by atoms with Crippen molar-refractivity contribution >= 4 is 28.8 Å². The van der Waals surface area contributed by atoms with E-state index in [1.54, 1.807) is 30.2 Å². The quantitative estimate of drug-likeness (QED) is 0.749. The Bertz CT molecular complexity index is 348. The van der Waals surface area contributed by atoms with Gasteiger partial charge in [-0.2, -0.15) is 0 Å². The molecule has 1 aromatic rings. The molecule has 0 aliphatic carbocycles. The summed E-state index contributed by atoms with van der Waals surface area (Å²) in [5, 5.41) is -0.460. The third-order valence-corrected chi connectivity index (χ3v) is 3.80. The fraction of sp³-hybridized carbons (Fsp3) is 0.545. The Labute approximate surface area is 99.9 Å². The van der Waals surface area contributed by atoms with Crippen LogP contribution in [0.5, 0.6) is 0 Å². The molecule has 0 saturated heterocycles. The Morgan fingerprint density at radius 3 is 2.47 bits per heavy atom. The summed E-state index contributed by atoms with van der Waals surface area (Å²) in [5.41, 5.74) is 0. The Hall–Kier alpha value is -0.540. The number of rotatable bonds is 3. The van der Waals surface area contributed by atoms with E-state index in [1.165, 1.54) is 9.75 Å². The van der Waals surface area contributed by atoms with Gasteiger partial charge in [-0.05, 0) is 32.9 Å². The summed E-state index contributed by atoms with van der Waals surface area (Å²) < 4.78 is 0. The molecule has 0 spiro atoms. The van der Waals surface area contributed by atoms with Crippen LogP contribution in [0.15, 0.2) is 12.1 Å². The van der Waals surface area contributed by atoms with Crippen LogP contribution in [0.1, 0.15) is 29.6 Å². The van der Waals surface area contributed by atoms with Crippen molar-refractivity contribution in [3.8, 4) is 0 Å². The zero-order valence-electron chi connectivity index (χ0n) is 9.45. The van der Waals surface area contributed by atoms with E-state index < -0.39 is 5.38 Å². The minimum atomic E-state index is -0.460. The van der Waals surface area contributed by atoms with Crippen LogP contribution in [-0.4, -0.2) is 23.2 Å². The van der Waals surface area contributed by atoms with Gasteiger partial charge in [0, 0.05) is 16.8 Å². The van der Waals surface area contributed by atoms with E-state index in [9.17, 15) is 4.79 Å². The van der Waals surface area contributed by atoms with E-state index >= 15 is 0 Å². The molecule has 2 atom stereocenters. The molecule has 1 rings (SSSR count). The fourth-order valence-electron chi connectivity index (χ4n) is 1.34. The molecule has 0 fully saturated rings. The molecular weight excluding hydrogens is 230 g/mol. The second-order valence-corrected chi connectivity index (χ2v) is 5.66. The van der Waals surface area contributed by atoms with Crippen LogP contribution < -0.4 is 0 Å². The van der Waals surface area contributed by atoms with Crippen LogP contribution in [0.25, 0.3) is 0 Å². The predicted octanol–water partition coefficient (Wildman–Crippen LogP) is 3.20. The number of hydrogen-bond acceptors (Lipinski definition) is 2. The van der Waals surface area contributed by atoms with E-state index in [2.05, 4.69) is 19.1 Å². The number of thiophene rings is 1. The van der Waals surface area contributed by atoms with Crippen LogP contribution in [0.4, 0.5) is 0 Å². The lowest BCUT2D eigenvalue weighted by Crippen LogP contribution is -2.34. The van der Waals surface area contributed by atoms with Crippen LogP contribution in [0.2, 0.25) is 0 Å². The number of carbonyl (C=O) groups is 1. The Morgan fingerprint density at radius 2 is 2.07 bits per heavy atom. The summed E-state index contributed by atoms with van der Waals surface area (Å²) >= 11 is 7.49. The van der Waals surface area contributed by atoms with Crippen molar-refractivity contribution in [3.63, 3.8) is 0 Å². The Kier molecular flexibility index (Phi) is 4.17. The number of aryl methyl sites for hydroxylation is 1. The van der Waals surface area contributed by atoms with Crippen molar-refractivity contribution in [3.05, 3.63) is 21.9 Å². The van der Waals surface area contributed by atoms with Gasteiger partial charge in [0.25, 0.3) is 0 Å². The van der Waals surface area contributed by atoms with Crippen LogP contribution >= 0.6 is 22.9 Å². The SMILES string of the molecule is Cc1ccc(C(C)N(C)C(=O)C(C)Cl)s1. The van der Waals surface area contributed by atoms with E-state index in [-0.39, 0.29) is 11.9 Å². The molecule has 2 unspecified atom stereocenters. The minimum absolute atomic E-state index is 0.0322. The number of amides is 1. The highest BCUT2D eigenvalue weighted by Crippen LogP contribution is 2.26. The normalized spacial score (nSPS) is 14.7. The second-order valence-electron chi connectivity index (χ2n) is 3.69. The van der Waals surface area contributed by atoms with Crippen LogP contribution in [0, 0.1) is 6.92 Å². The van der Waals surface area contributed by atoms with Crippen molar-refractivity contribution in [2.45, 2.75) is 32.2 Å².